The zero-order chi connectivity index (χ0) is 17.9. The molecule has 24 heavy (non-hydrogen) atoms. The lowest BCUT2D eigenvalue weighted by Gasteiger charge is -2.12. The summed E-state index contributed by atoms with van der Waals surface area (Å²) in [6, 6.07) is 4.73. The van der Waals surface area contributed by atoms with Crippen molar-refractivity contribution in [3.05, 3.63) is 53.2 Å². The fraction of sp³-hybridized carbons (Fsp3) is 0.200. The number of anilines is 1. The fourth-order valence-corrected chi connectivity index (χ4v) is 1.81. The second-order valence-corrected chi connectivity index (χ2v) is 4.86. The number of amides is 2. The van der Waals surface area contributed by atoms with Gasteiger partial charge in [0.1, 0.15) is 12.4 Å². The van der Waals surface area contributed by atoms with E-state index in [2.05, 4.69) is 5.32 Å². The predicted molar refractivity (Wildman–Crippen MR) is 76.2 cm³/mol. The van der Waals surface area contributed by atoms with Crippen LogP contribution in [-0.2, 0) is 0 Å². The van der Waals surface area contributed by atoms with E-state index in [0.29, 0.717) is 0 Å². The van der Waals surface area contributed by atoms with Crippen LogP contribution in [0.1, 0.15) is 26.5 Å². The Morgan fingerprint density at radius 3 is 2.50 bits per heavy atom. The molecule has 1 aromatic heterocycles. The Balaban J connectivity index is 2.21. The highest BCUT2D eigenvalue weighted by Gasteiger charge is 2.28. The number of carbonyl (C=O) groups excluding carboxylic acids is 2. The summed E-state index contributed by atoms with van der Waals surface area (Å²) in [6.07, 6.45) is -3.32. The third-order valence-electron chi connectivity index (χ3n) is 3.05. The van der Waals surface area contributed by atoms with E-state index in [0.717, 1.165) is 12.1 Å². The number of benzene rings is 1. The van der Waals surface area contributed by atoms with Gasteiger partial charge in [0.15, 0.2) is 5.76 Å². The molecule has 0 unspecified atom stereocenters. The SMILES string of the molecule is Cc1c(F)cc(C(=O)NCC(F)(F)F)cc1NC(=O)c1ccco1. The van der Waals surface area contributed by atoms with Gasteiger partial charge < -0.3 is 15.1 Å². The van der Waals surface area contributed by atoms with Gasteiger partial charge in [-0.2, -0.15) is 13.2 Å². The molecule has 0 aliphatic carbocycles. The Kier molecular flexibility index (Phi) is 4.91. The Bertz CT molecular complexity index is 755. The van der Waals surface area contributed by atoms with Gasteiger partial charge >= 0.3 is 6.18 Å². The first-order valence-electron chi connectivity index (χ1n) is 6.67. The molecular weight excluding hydrogens is 332 g/mol. The topological polar surface area (TPSA) is 71.3 Å². The summed E-state index contributed by atoms with van der Waals surface area (Å²) >= 11 is 0. The van der Waals surface area contributed by atoms with E-state index in [4.69, 9.17) is 4.42 Å². The molecule has 1 heterocycles. The van der Waals surface area contributed by atoms with E-state index in [-0.39, 0.29) is 22.6 Å². The minimum absolute atomic E-state index is 0.0299. The van der Waals surface area contributed by atoms with E-state index in [1.165, 1.54) is 25.3 Å². The van der Waals surface area contributed by atoms with Crippen molar-refractivity contribution in [2.75, 3.05) is 11.9 Å². The molecule has 0 aliphatic heterocycles. The number of rotatable bonds is 4. The molecule has 9 heteroatoms. The van der Waals surface area contributed by atoms with Crippen molar-refractivity contribution in [3.8, 4) is 0 Å². The maximum Gasteiger partial charge on any atom is 0.405 e. The monoisotopic (exact) mass is 344 g/mol. The van der Waals surface area contributed by atoms with Gasteiger partial charge in [-0.25, -0.2) is 4.39 Å². The fourth-order valence-electron chi connectivity index (χ4n) is 1.81. The van der Waals surface area contributed by atoms with Crippen LogP contribution >= 0.6 is 0 Å². The molecule has 0 saturated heterocycles. The summed E-state index contributed by atoms with van der Waals surface area (Å²) in [7, 11) is 0. The molecule has 0 bridgehead atoms. The number of carbonyl (C=O) groups is 2. The van der Waals surface area contributed by atoms with Gasteiger partial charge in [-0.05, 0) is 31.2 Å². The number of hydrogen-bond donors (Lipinski definition) is 2. The van der Waals surface area contributed by atoms with Crippen molar-refractivity contribution in [3.63, 3.8) is 0 Å². The molecule has 5 nitrogen and oxygen atoms in total. The molecule has 2 aromatic rings. The lowest BCUT2D eigenvalue weighted by Crippen LogP contribution is -2.33. The molecule has 0 aliphatic rings. The summed E-state index contributed by atoms with van der Waals surface area (Å²) in [5, 5.41) is 3.98. The van der Waals surface area contributed by atoms with Crippen LogP contribution < -0.4 is 10.6 Å². The molecule has 128 valence electrons. The van der Waals surface area contributed by atoms with Gasteiger partial charge in [-0.1, -0.05) is 0 Å². The quantitative estimate of drug-likeness (QED) is 0.836. The van der Waals surface area contributed by atoms with Crippen molar-refractivity contribution in [2.24, 2.45) is 0 Å². The molecule has 2 rings (SSSR count). The molecular formula is C15H12F4N2O3. The van der Waals surface area contributed by atoms with E-state index >= 15 is 0 Å². The number of halogens is 4. The van der Waals surface area contributed by atoms with Gasteiger partial charge in [0.05, 0.1) is 6.26 Å². The van der Waals surface area contributed by atoms with Crippen LogP contribution in [-0.4, -0.2) is 24.5 Å². The molecule has 2 N–H and O–H groups in total. The number of furan rings is 1. The highest BCUT2D eigenvalue weighted by molar-refractivity contribution is 6.04. The van der Waals surface area contributed by atoms with Crippen LogP contribution in [0.2, 0.25) is 0 Å². The number of nitrogens with one attached hydrogen (secondary N) is 2. The van der Waals surface area contributed by atoms with Crippen molar-refractivity contribution >= 4 is 17.5 Å². The van der Waals surface area contributed by atoms with Gasteiger partial charge in [-0.15, -0.1) is 0 Å². The molecule has 0 spiro atoms. The first kappa shape index (κ1) is 17.5. The van der Waals surface area contributed by atoms with Crippen molar-refractivity contribution in [1.82, 2.24) is 5.32 Å². The highest BCUT2D eigenvalue weighted by Crippen LogP contribution is 2.22. The maximum absolute atomic E-state index is 13.9. The summed E-state index contributed by atoms with van der Waals surface area (Å²) < 4.78 is 55.2. The first-order chi connectivity index (χ1) is 11.2. The summed E-state index contributed by atoms with van der Waals surface area (Å²) in [5.41, 5.74) is -0.368. The second kappa shape index (κ2) is 6.73. The second-order valence-electron chi connectivity index (χ2n) is 4.86. The third-order valence-corrected chi connectivity index (χ3v) is 3.05. The van der Waals surface area contributed by atoms with Gasteiger partial charge in [0, 0.05) is 16.8 Å². The molecule has 2 amide bonds. The highest BCUT2D eigenvalue weighted by atomic mass is 19.4. The Morgan fingerprint density at radius 1 is 1.21 bits per heavy atom. The van der Waals surface area contributed by atoms with Gasteiger partial charge in [-0.3, -0.25) is 9.59 Å². The zero-order valence-corrected chi connectivity index (χ0v) is 12.3. The Hall–Kier alpha value is -2.84. The predicted octanol–water partition coefficient (Wildman–Crippen LogP) is 3.27. The van der Waals surface area contributed by atoms with Crippen LogP contribution in [0.25, 0.3) is 0 Å². The van der Waals surface area contributed by atoms with E-state index < -0.39 is 30.4 Å². The van der Waals surface area contributed by atoms with Crippen LogP contribution in [0.5, 0.6) is 0 Å². The summed E-state index contributed by atoms with van der Waals surface area (Å²) in [4.78, 5) is 23.6. The molecule has 0 radical (unpaired) electrons. The number of alkyl halides is 3. The zero-order valence-electron chi connectivity index (χ0n) is 12.3. The molecule has 0 fully saturated rings. The Morgan fingerprint density at radius 2 is 1.92 bits per heavy atom. The van der Waals surface area contributed by atoms with E-state index in [1.807, 2.05) is 0 Å². The molecule has 1 aromatic carbocycles. The minimum Gasteiger partial charge on any atom is -0.459 e. The van der Waals surface area contributed by atoms with Gasteiger partial charge in [0.2, 0.25) is 0 Å². The summed E-state index contributed by atoms with van der Waals surface area (Å²) in [6.45, 7) is -0.195. The van der Waals surface area contributed by atoms with Crippen molar-refractivity contribution < 1.29 is 31.6 Å². The summed E-state index contributed by atoms with van der Waals surface area (Å²) in [5.74, 6) is -2.68. The van der Waals surface area contributed by atoms with Crippen LogP contribution in [0.15, 0.2) is 34.9 Å². The smallest absolute Gasteiger partial charge is 0.405 e. The molecule has 0 atom stereocenters. The lowest BCUT2D eigenvalue weighted by atomic mass is 10.1. The first-order valence-corrected chi connectivity index (χ1v) is 6.67. The van der Waals surface area contributed by atoms with Crippen molar-refractivity contribution in [1.29, 1.82) is 0 Å². The standard InChI is InChI=1S/C15H12F4N2O3/c1-8-10(16)5-9(13(22)20-7-15(17,18)19)6-11(8)21-14(23)12-3-2-4-24-12/h2-6H,7H2,1H3,(H,20,22)(H,21,23). The average Bonchev–Trinajstić information content (AvgIpc) is 3.02. The minimum atomic E-state index is -4.59. The third kappa shape index (κ3) is 4.34. The lowest BCUT2D eigenvalue weighted by molar-refractivity contribution is -0.123. The number of hydrogen-bond acceptors (Lipinski definition) is 3. The van der Waals surface area contributed by atoms with E-state index in [9.17, 15) is 27.2 Å². The molecule has 0 saturated carbocycles. The van der Waals surface area contributed by atoms with Crippen molar-refractivity contribution in [2.45, 2.75) is 13.1 Å². The van der Waals surface area contributed by atoms with Crippen LogP contribution in [0.3, 0.4) is 0 Å². The maximum atomic E-state index is 13.9. The van der Waals surface area contributed by atoms with Gasteiger partial charge in [0.25, 0.3) is 11.8 Å². The average molecular weight is 344 g/mol. The largest absolute Gasteiger partial charge is 0.459 e. The normalized spacial score (nSPS) is 11.2. The van der Waals surface area contributed by atoms with Crippen LogP contribution in [0.4, 0.5) is 23.2 Å². The van der Waals surface area contributed by atoms with E-state index in [1.54, 1.807) is 5.32 Å². The Labute approximate surface area is 133 Å². The van der Waals surface area contributed by atoms with Crippen LogP contribution in [0, 0.1) is 12.7 Å².